The number of aliphatic imine (C=N–C) groups is 1. The minimum Gasteiger partial charge on any atom is -0.497 e. The van der Waals surface area contributed by atoms with Crippen LogP contribution in [0.5, 0.6) is 11.5 Å². The average molecular weight is 337 g/mol. The molecule has 0 saturated carbocycles. The van der Waals surface area contributed by atoms with Crippen LogP contribution in [0.15, 0.2) is 53.5 Å². The highest BCUT2D eigenvalue weighted by molar-refractivity contribution is 5.87. The maximum atomic E-state index is 5.32. The molecule has 1 heterocycles. The first-order valence-electron chi connectivity index (χ1n) is 8.94. The summed E-state index contributed by atoms with van der Waals surface area (Å²) in [6, 6.07) is 16.7. The number of methoxy groups -OCH3 is 2. The van der Waals surface area contributed by atoms with E-state index in [1.165, 1.54) is 16.8 Å². The monoisotopic (exact) mass is 337 g/mol. The number of hydrogen-bond donors (Lipinski definition) is 0. The topological polar surface area (TPSA) is 30.8 Å². The van der Waals surface area contributed by atoms with Crippen LogP contribution in [0.25, 0.3) is 0 Å². The van der Waals surface area contributed by atoms with Gasteiger partial charge in [0, 0.05) is 5.71 Å². The molecule has 3 nitrogen and oxygen atoms in total. The fraction of sp³-hybridized carbons (Fsp3) is 0.409. The van der Waals surface area contributed by atoms with Crippen molar-refractivity contribution in [3.8, 4) is 11.5 Å². The third kappa shape index (κ3) is 3.55. The van der Waals surface area contributed by atoms with Crippen LogP contribution in [0.2, 0.25) is 0 Å². The number of nitrogens with zero attached hydrogens (tertiary/aromatic N) is 1. The second-order valence-corrected chi connectivity index (χ2v) is 7.09. The minimum atomic E-state index is -0.303. The molecule has 0 atom stereocenters. The fourth-order valence-corrected chi connectivity index (χ4v) is 3.64. The van der Waals surface area contributed by atoms with E-state index < -0.39 is 0 Å². The summed E-state index contributed by atoms with van der Waals surface area (Å²) in [7, 11) is 3.39. The molecule has 0 unspecified atom stereocenters. The molecule has 0 fully saturated rings. The van der Waals surface area contributed by atoms with Gasteiger partial charge in [0.25, 0.3) is 0 Å². The Hall–Kier alpha value is -2.29. The Bertz CT molecular complexity index is 682. The van der Waals surface area contributed by atoms with Gasteiger partial charge in [0.05, 0.1) is 14.2 Å². The Kier molecular flexibility index (Phi) is 5.12. The predicted molar refractivity (Wildman–Crippen MR) is 103 cm³/mol. The van der Waals surface area contributed by atoms with Crippen LogP contribution < -0.4 is 9.47 Å². The summed E-state index contributed by atoms with van der Waals surface area (Å²) in [6.45, 7) is 4.51. The van der Waals surface area contributed by atoms with Crippen molar-refractivity contribution in [3.63, 3.8) is 0 Å². The summed E-state index contributed by atoms with van der Waals surface area (Å²) in [5.74, 6) is 2.37. The molecular weight excluding hydrogens is 310 g/mol. The Morgan fingerprint density at radius 3 is 1.76 bits per heavy atom. The van der Waals surface area contributed by atoms with E-state index in [2.05, 4.69) is 38.1 Å². The summed E-state index contributed by atoms with van der Waals surface area (Å²) in [4.78, 5) is 5.25. The molecule has 0 amide bonds. The first kappa shape index (κ1) is 17.5. The van der Waals surface area contributed by atoms with Crippen molar-refractivity contribution in [2.75, 3.05) is 14.2 Å². The van der Waals surface area contributed by atoms with Crippen molar-refractivity contribution in [1.29, 1.82) is 0 Å². The van der Waals surface area contributed by atoms with Gasteiger partial charge in [-0.25, -0.2) is 0 Å². The number of rotatable bonds is 6. The molecule has 3 heteroatoms. The second-order valence-electron chi connectivity index (χ2n) is 7.09. The van der Waals surface area contributed by atoms with Crippen molar-refractivity contribution in [2.45, 2.75) is 38.6 Å². The van der Waals surface area contributed by atoms with E-state index in [1.54, 1.807) is 14.2 Å². The lowest BCUT2D eigenvalue weighted by Crippen LogP contribution is -2.22. The normalized spacial score (nSPS) is 16.0. The molecule has 132 valence electrons. The second kappa shape index (κ2) is 7.30. The standard InChI is InChI=1S/C22H27NO2/c1-16(2)15-19-13-14-22(23-19,17-5-9-20(24-3)10-6-17)18-7-11-21(25-4)12-8-18/h5-12,16H,13-15H2,1-4H3. The lowest BCUT2D eigenvalue weighted by Gasteiger charge is -2.28. The highest BCUT2D eigenvalue weighted by Gasteiger charge is 2.38. The van der Waals surface area contributed by atoms with Crippen LogP contribution in [0.3, 0.4) is 0 Å². The van der Waals surface area contributed by atoms with E-state index >= 15 is 0 Å². The molecule has 0 saturated heterocycles. The van der Waals surface area contributed by atoms with Crippen LogP contribution in [0.1, 0.15) is 44.2 Å². The zero-order valence-corrected chi connectivity index (χ0v) is 15.6. The van der Waals surface area contributed by atoms with Crippen molar-refractivity contribution < 1.29 is 9.47 Å². The van der Waals surface area contributed by atoms with Crippen LogP contribution in [0.4, 0.5) is 0 Å². The summed E-state index contributed by atoms with van der Waals surface area (Å²) in [5, 5.41) is 0. The smallest absolute Gasteiger partial charge is 0.118 e. The van der Waals surface area contributed by atoms with Gasteiger partial charge < -0.3 is 9.47 Å². The highest BCUT2D eigenvalue weighted by atomic mass is 16.5. The lowest BCUT2D eigenvalue weighted by molar-refractivity contribution is 0.413. The van der Waals surface area contributed by atoms with Gasteiger partial charge in [-0.3, -0.25) is 4.99 Å². The van der Waals surface area contributed by atoms with Gasteiger partial charge in [-0.2, -0.15) is 0 Å². The van der Waals surface area contributed by atoms with Gasteiger partial charge in [0.15, 0.2) is 0 Å². The van der Waals surface area contributed by atoms with E-state index in [0.29, 0.717) is 5.92 Å². The number of benzene rings is 2. The summed E-state index contributed by atoms with van der Waals surface area (Å²) in [6.07, 6.45) is 3.12. The van der Waals surface area contributed by atoms with E-state index in [-0.39, 0.29) is 5.54 Å². The Morgan fingerprint density at radius 2 is 1.36 bits per heavy atom. The number of ether oxygens (including phenoxy) is 2. The van der Waals surface area contributed by atoms with Gasteiger partial charge in [-0.1, -0.05) is 38.1 Å². The van der Waals surface area contributed by atoms with Gasteiger partial charge >= 0.3 is 0 Å². The zero-order chi connectivity index (χ0) is 17.9. The molecule has 3 rings (SSSR count). The maximum Gasteiger partial charge on any atom is 0.118 e. The van der Waals surface area contributed by atoms with Crippen molar-refractivity contribution >= 4 is 5.71 Å². The fourth-order valence-electron chi connectivity index (χ4n) is 3.64. The summed E-state index contributed by atoms with van der Waals surface area (Å²) < 4.78 is 10.6. The van der Waals surface area contributed by atoms with Crippen molar-refractivity contribution in [2.24, 2.45) is 10.9 Å². The maximum absolute atomic E-state index is 5.32. The van der Waals surface area contributed by atoms with Gasteiger partial charge in [-0.15, -0.1) is 0 Å². The molecule has 1 aliphatic heterocycles. The molecule has 0 aliphatic carbocycles. The average Bonchev–Trinajstić information content (AvgIpc) is 3.06. The van der Waals surface area contributed by atoms with E-state index in [1.807, 2.05) is 24.3 Å². The predicted octanol–water partition coefficient (Wildman–Crippen LogP) is 5.23. The molecule has 0 aromatic heterocycles. The zero-order valence-electron chi connectivity index (χ0n) is 15.6. The molecule has 2 aromatic rings. The molecule has 0 radical (unpaired) electrons. The summed E-state index contributed by atoms with van der Waals surface area (Å²) in [5.41, 5.74) is 3.46. The molecule has 0 bridgehead atoms. The van der Waals surface area contributed by atoms with E-state index in [0.717, 1.165) is 30.8 Å². The molecule has 0 N–H and O–H groups in total. The highest BCUT2D eigenvalue weighted by Crippen LogP contribution is 2.44. The SMILES string of the molecule is COc1ccc(C2(c3ccc(OC)cc3)CCC(CC(C)C)=N2)cc1. The Morgan fingerprint density at radius 1 is 0.880 bits per heavy atom. The van der Waals surface area contributed by atoms with Gasteiger partial charge in [-0.05, 0) is 60.6 Å². The molecule has 0 spiro atoms. The van der Waals surface area contributed by atoms with Crippen LogP contribution in [-0.2, 0) is 5.54 Å². The largest absolute Gasteiger partial charge is 0.497 e. The van der Waals surface area contributed by atoms with E-state index in [9.17, 15) is 0 Å². The molecule has 1 aliphatic rings. The van der Waals surface area contributed by atoms with Crippen molar-refractivity contribution in [3.05, 3.63) is 59.7 Å². The van der Waals surface area contributed by atoms with Gasteiger partial charge in [0.2, 0.25) is 0 Å². The molecular formula is C22H27NO2. The lowest BCUT2D eigenvalue weighted by atomic mass is 9.81. The third-order valence-electron chi connectivity index (χ3n) is 4.90. The minimum absolute atomic E-state index is 0.303. The Balaban J connectivity index is 2.06. The van der Waals surface area contributed by atoms with Gasteiger partial charge in [0.1, 0.15) is 17.0 Å². The van der Waals surface area contributed by atoms with Crippen molar-refractivity contribution in [1.82, 2.24) is 0 Å². The quantitative estimate of drug-likeness (QED) is 0.723. The number of hydrogen-bond acceptors (Lipinski definition) is 3. The summed E-state index contributed by atoms with van der Waals surface area (Å²) >= 11 is 0. The first-order valence-corrected chi connectivity index (χ1v) is 8.94. The van der Waals surface area contributed by atoms with Crippen LogP contribution in [-0.4, -0.2) is 19.9 Å². The van der Waals surface area contributed by atoms with Crippen LogP contribution in [0, 0.1) is 5.92 Å². The Labute approximate surface area is 150 Å². The third-order valence-corrected chi connectivity index (χ3v) is 4.90. The first-order chi connectivity index (χ1) is 12.1. The van der Waals surface area contributed by atoms with Crippen LogP contribution >= 0.6 is 0 Å². The van der Waals surface area contributed by atoms with E-state index in [4.69, 9.17) is 14.5 Å². The molecule has 25 heavy (non-hydrogen) atoms. The molecule has 2 aromatic carbocycles.